The molecule has 3 rings (SSSR count). The molecule has 0 aliphatic carbocycles. The molecule has 2 heterocycles. The fraction of sp³-hybridized carbons (Fsp3) is 0.400. The monoisotopic (exact) mass is 398 g/mol. The summed E-state index contributed by atoms with van der Waals surface area (Å²) < 4.78 is 5.51. The van der Waals surface area contributed by atoms with Crippen molar-refractivity contribution in [2.45, 2.75) is 44.4 Å². The van der Waals surface area contributed by atoms with Crippen LogP contribution < -0.4 is 10.5 Å². The van der Waals surface area contributed by atoms with Gasteiger partial charge in [0.15, 0.2) is 5.16 Å². The Bertz CT molecular complexity index is 1020. The molecular weight excluding hydrogens is 376 g/mol. The van der Waals surface area contributed by atoms with Crippen molar-refractivity contribution in [2.75, 3.05) is 17.7 Å². The van der Waals surface area contributed by atoms with E-state index in [1.54, 1.807) is 17.2 Å². The van der Waals surface area contributed by atoms with Gasteiger partial charge in [0.1, 0.15) is 17.2 Å². The number of benzene rings is 1. The van der Waals surface area contributed by atoms with Crippen LogP contribution in [0.25, 0.3) is 11.3 Å². The quantitative estimate of drug-likeness (QED) is 0.611. The Kier molecular flexibility index (Phi) is 5.47. The maximum atomic E-state index is 12.6. The van der Waals surface area contributed by atoms with Crippen LogP contribution in [0.3, 0.4) is 0 Å². The summed E-state index contributed by atoms with van der Waals surface area (Å²) in [5.74, 6) is 0. The van der Waals surface area contributed by atoms with E-state index in [-0.39, 0.29) is 11.7 Å². The predicted octanol–water partition coefficient (Wildman–Crippen LogP) is 3.72. The molecule has 0 saturated heterocycles. The van der Waals surface area contributed by atoms with Gasteiger partial charge in [-0.1, -0.05) is 17.8 Å². The van der Waals surface area contributed by atoms with E-state index in [0.29, 0.717) is 23.0 Å². The van der Waals surface area contributed by atoms with E-state index in [9.17, 15) is 14.9 Å². The third kappa shape index (κ3) is 4.04. The lowest BCUT2D eigenvalue weighted by Gasteiger charge is -2.32. The first-order valence-electron chi connectivity index (χ1n) is 8.95. The van der Waals surface area contributed by atoms with E-state index < -0.39 is 11.2 Å². The van der Waals surface area contributed by atoms with E-state index in [2.05, 4.69) is 9.97 Å². The molecule has 0 atom stereocenters. The number of fused-ring (bicyclic) bond motifs is 1. The van der Waals surface area contributed by atoms with Crippen LogP contribution in [0.5, 0.6) is 0 Å². The summed E-state index contributed by atoms with van der Waals surface area (Å²) in [5, 5.41) is 9.85. The molecule has 7 nitrogen and oxygen atoms in total. The van der Waals surface area contributed by atoms with Gasteiger partial charge in [-0.15, -0.1) is 0 Å². The first-order valence-corrected chi connectivity index (χ1v) is 10.2. The highest BCUT2D eigenvalue weighted by Crippen LogP contribution is 2.33. The standard InChI is InChI=1S/C20H22N4O3S/c1-20(2,3)27-19(26)24-9-5-6-12-10-13(7-8-15(12)24)16-14(11-21)17(25)23-18(22-16)28-4/h7-8,10H,5-6,9H2,1-4H3,(H,22,23,25). The summed E-state index contributed by atoms with van der Waals surface area (Å²) in [6, 6.07) is 7.46. The SMILES string of the molecule is CSc1nc(-c2ccc3c(c2)CCCN3C(=O)OC(C)(C)C)c(C#N)c(=O)[nH]1. The van der Waals surface area contributed by atoms with Crippen molar-refractivity contribution >= 4 is 23.5 Å². The average Bonchev–Trinajstić information content (AvgIpc) is 2.64. The maximum absolute atomic E-state index is 12.6. The molecule has 0 fully saturated rings. The number of aryl methyl sites for hydroxylation is 1. The lowest BCUT2D eigenvalue weighted by Crippen LogP contribution is -2.39. The molecule has 1 amide bonds. The van der Waals surface area contributed by atoms with Gasteiger partial charge < -0.3 is 9.72 Å². The van der Waals surface area contributed by atoms with E-state index in [1.165, 1.54) is 11.8 Å². The number of anilines is 1. The summed E-state index contributed by atoms with van der Waals surface area (Å²) in [4.78, 5) is 33.4. The van der Waals surface area contributed by atoms with Gasteiger partial charge in [0.2, 0.25) is 0 Å². The van der Waals surface area contributed by atoms with Crippen LogP contribution >= 0.6 is 11.8 Å². The molecule has 1 N–H and O–H groups in total. The molecule has 0 radical (unpaired) electrons. The van der Waals surface area contributed by atoms with Crippen molar-refractivity contribution in [3.63, 3.8) is 0 Å². The number of aromatic amines is 1. The molecule has 1 aromatic heterocycles. The van der Waals surface area contributed by atoms with Gasteiger partial charge in [0.25, 0.3) is 5.56 Å². The van der Waals surface area contributed by atoms with Gasteiger partial charge in [-0.2, -0.15) is 5.26 Å². The van der Waals surface area contributed by atoms with Gasteiger partial charge in [-0.05, 0) is 57.6 Å². The van der Waals surface area contributed by atoms with E-state index in [0.717, 1.165) is 24.1 Å². The topological polar surface area (TPSA) is 99.1 Å². The predicted molar refractivity (Wildman–Crippen MR) is 109 cm³/mol. The van der Waals surface area contributed by atoms with Crippen molar-refractivity contribution in [2.24, 2.45) is 0 Å². The molecule has 1 aliphatic heterocycles. The van der Waals surface area contributed by atoms with Crippen molar-refractivity contribution in [3.05, 3.63) is 39.7 Å². The molecule has 8 heteroatoms. The molecule has 1 aliphatic rings. The molecule has 28 heavy (non-hydrogen) atoms. The van der Waals surface area contributed by atoms with E-state index in [4.69, 9.17) is 4.74 Å². The van der Waals surface area contributed by atoms with Gasteiger partial charge in [-0.3, -0.25) is 9.69 Å². The number of amides is 1. The molecule has 1 aromatic carbocycles. The molecule has 0 spiro atoms. The second kappa shape index (κ2) is 7.68. The van der Waals surface area contributed by atoms with Crippen LogP contribution in [0.2, 0.25) is 0 Å². The Morgan fingerprint density at radius 1 is 1.39 bits per heavy atom. The highest BCUT2D eigenvalue weighted by molar-refractivity contribution is 7.98. The van der Waals surface area contributed by atoms with Gasteiger partial charge in [-0.25, -0.2) is 9.78 Å². The van der Waals surface area contributed by atoms with Crippen molar-refractivity contribution in [1.29, 1.82) is 5.26 Å². The summed E-state index contributed by atoms with van der Waals surface area (Å²) in [6.45, 7) is 6.10. The maximum Gasteiger partial charge on any atom is 0.414 e. The Morgan fingerprint density at radius 2 is 2.14 bits per heavy atom. The van der Waals surface area contributed by atoms with Crippen LogP contribution in [0, 0.1) is 11.3 Å². The number of carbonyl (C=O) groups is 1. The van der Waals surface area contributed by atoms with E-state index >= 15 is 0 Å². The normalized spacial score (nSPS) is 13.6. The lowest BCUT2D eigenvalue weighted by atomic mass is 9.97. The number of aromatic nitrogens is 2. The number of hydrogen-bond donors (Lipinski definition) is 1. The summed E-state index contributed by atoms with van der Waals surface area (Å²) in [5.41, 5.74) is 1.75. The zero-order valence-corrected chi connectivity index (χ0v) is 17.1. The summed E-state index contributed by atoms with van der Waals surface area (Å²) in [6.07, 6.45) is 3.03. The second-order valence-electron chi connectivity index (χ2n) is 7.49. The fourth-order valence-corrected chi connectivity index (χ4v) is 3.49. The number of nitrogens with zero attached hydrogens (tertiary/aromatic N) is 3. The largest absolute Gasteiger partial charge is 0.443 e. The third-order valence-corrected chi connectivity index (χ3v) is 4.87. The molecule has 0 unspecified atom stereocenters. The zero-order chi connectivity index (χ0) is 20.5. The van der Waals surface area contributed by atoms with Crippen molar-refractivity contribution < 1.29 is 9.53 Å². The smallest absolute Gasteiger partial charge is 0.414 e. The fourth-order valence-electron chi connectivity index (χ4n) is 3.11. The number of ether oxygens (including phenoxy) is 1. The van der Waals surface area contributed by atoms with Crippen molar-refractivity contribution in [1.82, 2.24) is 9.97 Å². The van der Waals surface area contributed by atoms with Crippen LogP contribution in [-0.2, 0) is 11.2 Å². The van der Waals surface area contributed by atoms with Gasteiger partial charge in [0, 0.05) is 12.1 Å². The van der Waals surface area contributed by atoms with E-state index in [1.807, 2.05) is 39.0 Å². The summed E-state index contributed by atoms with van der Waals surface area (Å²) >= 11 is 1.30. The highest BCUT2D eigenvalue weighted by atomic mass is 32.2. The number of thioether (sulfide) groups is 1. The van der Waals surface area contributed by atoms with Crippen molar-refractivity contribution in [3.8, 4) is 17.3 Å². The minimum atomic E-state index is -0.570. The third-order valence-electron chi connectivity index (χ3n) is 4.29. The highest BCUT2D eigenvalue weighted by Gasteiger charge is 2.27. The Hall–Kier alpha value is -2.79. The molecular formula is C20H22N4O3S. The number of carbonyl (C=O) groups excluding carboxylic acids is 1. The van der Waals surface area contributed by atoms with Crippen LogP contribution in [0.4, 0.5) is 10.5 Å². The Labute approximate surface area is 167 Å². The minimum absolute atomic E-state index is 0.0162. The van der Waals surface area contributed by atoms with Crippen LogP contribution in [0.15, 0.2) is 28.2 Å². The second-order valence-corrected chi connectivity index (χ2v) is 8.28. The Balaban J connectivity index is 2.04. The first-order chi connectivity index (χ1) is 13.2. The molecule has 0 saturated carbocycles. The summed E-state index contributed by atoms with van der Waals surface area (Å²) in [7, 11) is 0. The number of H-pyrrole nitrogens is 1. The van der Waals surface area contributed by atoms with Gasteiger partial charge >= 0.3 is 6.09 Å². The molecule has 146 valence electrons. The first kappa shape index (κ1) is 20.0. The minimum Gasteiger partial charge on any atom is -0.443 e. The lowest BCUT2D eigenvalue weighted by molar-refractivity contribution is 0.0578. The number of rotatable bonds is 2. The average molecular weight is 398 g/mol. The van der Waals surface area contributed by atoms with Crippen LogP contribution in [-0.4, -0.2) is 34.5 Å². The molecule has 0 bridgehead atoms. The number of hydrogen-bond acceptors (Lipinski definition) is 6. The number of nitrogens with one attached hydrogen (secondary N) is 1. The number of nitriles is 1. The zero-order valence-electron chi connectivity index (χ0n) is 16.3. The Morgan fingerprint density at radius 3 is 2.79 bits per heavy atom. The van der Waals surface area contributed by atoms with Crippen LogP contribution in [0.1, 0.15) is 38.3 Å². The molecule has 2 aromatic rings. The van der Waals surface area contributed by atoms with Gasteiger partial charge in [0.05, 0.1) is 11.4 Å².